The predicted molar refractivity (Wildman–Crippen MR) is 71.5 cm³/mol. The second-order valence-electron chi connectivity index (χ2n) is 5.85. The summed E-state index contributed by atoms with van der Waals surface area (Å²) >= 11 is 0. The van der Waals surface area contributed by atoms with Crippen molar-refractivity contribution >= 4 is 11.9 Å². The van der Waals surface area contributed by atoms with Gasteiger partial charge in [-0.25, -0.2) is 0 Å². The summed E-state index contributed by atoms with van der Waals surface area (Å²) in [6.45, 7) is 3.86. The highest BCUT2D eigenvalue weighted by Gasteiger charge is 2.36. The van der Waals surface area contributed by atoms with Gasteiger partial charge in [0.2, 0.25) is 5.91 Å². The third kappa shape index (κ3) is 3.69. The largest absolute Gasteiger partial charge is 0.469 e. The van der Waals surface area contributed by atoms with Crippen LogP contribution in [0.2, 0.25) is 0 Å². The molecule has 5 nitrogen and oxygen atoms in total. The van der Waals surface area contributed by atoms with E-state index in [4.69, 9.17) is 4.74 Å². The zero-order valence-electron chi connectivity index (χ0n) is 11.9. The number of hydrogen-bond acceptors (Lipinski definition) is 4. The Hall–Kier alpha value is -1.10. The van der Waals surface area contributed by atoms with Crippen LogP contribution in [0.1, 0.15) is 32.6 Å². The zero-order valence-corrected chi connectivity index (χ0v) is 11.9. The van der Waals surface area contributed by atoms with E-state index in [0.29, 0.717) is 19.1 Å². The van der Waals surface area contributed by atoms with Gasteiger partial charge in [0.05, 0.1) is 19.6 Å². The Morgan fingerprint density at radius 1 is 1.26 bits per heavy atom. The van der Waals surface area contributed by atoms with Crippen LogP contribution in [0.3, 0.4) is 0 Å². The zero-order chi connectivity index (χ0) is 13.8. The number of nitrogens with one attached hydrogen (secondary N) is 1. The molecule has 2 fully saturated rings. The Morgan fingerprint density at radius 3 is 2.58 bits per heavy atom. The monoisotopic (exact) mass is 268 g/mol. The summed E-state index contributed by atoms with van der Waals surface area (Å²) in [5.74, 6) is 0.0897. The minimum atomic E-state index is -0.161. The molecule has 0 aromatic carbocycles. The van der Waals surface area contributed by atoms with E-state index in [-0.39, 0.29) is 23.7 Å². The SMILES string of the molecule is COC(=O)C1CN(CC(=O)NC2CCCC2)CC1C. The van der Waals surface area contributed by atoms with Crippen molar-refractivity contribution < 1.29 is 14.3 Å². The summed E-state index contributed by atoms with van der Waals surface area (Å²) < 4.78 is 4.80. The fourth-order valence-electron chi connectivity index (χ4n) is 3.20. The molecule has 1 saturated heterocycles. The van der Waals surface area contributed by atoms with Crippen LogP contribution in [-0.2, 0) is 14.3 Å². The Balaban J connectivity index is 1.77. The lowest BCUT2D eigenvalue weighted by Gasteiger charge is -2.17. The number of amides is 1. The Kier molecular flexibility index (Phi) is 4.80. The summed E-state index contributed by atoms with van der Waals surface area (Å²) in [6.07, 6.45) is 4.64. The smallest absolute Gasteiger partial charge is 0.310 e. The first-order valence-electron chi connectivity index (χ1n) is 7.19. The number of hydrogen-bond donors (Lipinski definition) is 1. The van der Waals surface area contributed by atoms with Crippen molar-refractivity contribution in [1.82, 2.24) is 10.2 Å². The molecule has 2 unspecified atom stereocenters. The van der Waals surface area contributed by atoms with E-state index in [9.17, 15) is 9.59 Å². The van der Waals surface area contributed by atoms with Gasteiger partial charge in [0.15, 0.2) is 0 Å². The summed E-state index contributed by atoms with van der Waals surface area (Å²) in [6, 6.07) is 0.365. The van der Waals surface area contributed by atoms with Gasteiger partial charge in [0, 0.05) is 19.1 Å². The van der Waals surface area contributed by atoms with Crippen LogP contribution < -0.4 is 5.32 Å². The molecule has 1 heterocycles. The van der Waals surface area contributed by atoms with E-state index >= 15 is 0 Å². The minimum absolute atomic E-state index is 0.0876. The third-order valence-electron chi connectivity index (χ3n) is 4.28. The van der Waals surface area contributed by atoms with E-state index in [0.717, 1.165) is 19.4 Å². The van der Waals surface area contributed by atoms with Gasteiger partial charge in [0.25, 0.3) is 0 Å². The van der Waals surface area contributed by atoms with Crippen molar-refractivity contribution in [2.75, 3.05) is 26.7 Å². The molecule has 108 valence electrons. The number of rotatable bonds is 4. The van der Waals surface area contributed by atoms with E-state index in [1.165, 1.54) is 20.0 Å². The maximum absolute atomic E-state index is 11.9. The minimum Gasteiger partial charge on any atom is -0.469 e. The molecule has 1 amide bonds. The average Bonchev–Trinajstić information content (AvgIpc) is 2.98. The van der Waals surface area contributed by atoms with Crippen LogP contribution in [-0.4, -0.2) is 49.6 Å². The number of nitrogens with zero attached hydrogens (tertiary/aromatic N) is 1. The van der Waals surface area contributed by atoms with Crippen molar-refractivity contribution in [3.8, 4) is 0 Å². The van der Waals surface area contributed by atoms with Gasteiger partial charge in [-0.15, -0.1) is 0 Å². The molecule has 0 bridgehead atoms. The molecule has 2 rings (SSSR count). The lowest BCUT2D eigenvalue weighted by Crippen LogP contribution is -2.40. The van der Waals surface area contributed by atoms with Crippen LogP contribution in [0.25, 0.3) is 0 Å². The number of methoxy groups -OCH3 is 1. The van der Waals surface area contributed by atoms with Crippen molar-refractivity contribution in [3.63, 3.8) is 0 Å². The van der Waals surface area contributed by atoms with Crippen molar-refractivity contribution in [1.29, 1.82) is 0 Å². The lowest BCUT2D eigenvalue weighted by atomic mass is 9.99. The van der Waals surface area contributed by atoms with Gasteiger partial charge in [0.1, 0.15) is 0 Å². The predicted octanol–water partition coefficient (Wildman–Crippen LogP) is 0.786. The van der Waals surface area contributed by atoms with Crippen molar-refractivity contribution in [3.05, 3.63) is 0 Å². The molecule has 0 aromatic heterocycles. The van der Waals surface area contributed by atoms with Crippen LogP contribution >= 0.6 is 0 Å². The third-order valence-corrected chi connectivity index (χ3v) is 4.28. The number of likely N-dealkylation sites (tertiary alicyclic amines) is 1. The Labute approximate surface area is 114 Å². The summed E-state index contributed by atoms with van der Waals surface area (Å²) in [7, 11) is 1.42. The average molecular weight is 268 g/mol. The molecule has 1 N–H and O–H groups in total. The van der Waals surface area contributed by atoms with E-state index in [1.807, 2.05) is 6.92 Å². The fourth-order valence-corrected chi connectivity index (χ4v) is 3.20. The van der Waals surface area contributed by atoms with Crippen LogP contribution in [0.15, 0.2) is 0 Å². The van der Waals surface area contributed by atoms with Crippen molar-refractivity contribution in [2.45, 2.75) is 38.6 Å². The fraction of sp³-hybridized carbons (Fsp3) is 0.857. The summed E-state index contributed by atoms with van der Waals surface area (Å²) in [5.41, 5.74) is 0. The second-order valence-corrected chi connectivity index (χ2v) is 5.85. The first-order chi connectivity index (χ1) is 9.10. The molecule has 1 aliphatic carbocycles. The number of carbonyl (C=O) groups excluding carboxylic acids is 2. The quantitative estimate of drug-likeness (QED) is 0.766. The summed E-state index contributed by atoms with van der Waals surface area (Å²) in [5, 5.41) is 3.08. The van der Waals surface area contributed by atoms with Crippen LogP contribution in [0.5, 0.6) is 0 Å². The molecule has 2 atom stereocenters. The van der Waals surface area contributed by atoms with E-state index in [2.05, 4.69) is 10.2 Å². The van der Waals surface area contributed by atoms with Gasteiger partial charge in [-0.2, -0.15) is 0 Å². The van der Waals surface area contributed by atoms with Crippen LogP contribution in [0, 0.1) is 11.8 Å². The first-order valence-corrected chi connectivity index (χ1v) is 7.19. The Bertz CT molecular complexity index is 340. The number of esters is 1. The normalized spacial score (nSPS) is 28.5. The van der Waals surface area contributed by atoms with Gasteiger partial charge < -0.3 is 10.1 Å². The first kappa shape index (κ1) is 14.3. The summed E-state index contributed by atoms with van der Waals surface area (Å²) in [4.78, 5) is 25.6. The lowest BCUT2D eigenvalue weighted by molar-refractivity contribution is -0.146. The maximum Gasteiger partial charge on any atom is 0.310 e. The molecule has 0 spiro atoms. The van der Waals surface area contributed by atoms with E-state index < -0.39 is 0 Å². The molecule has 0 aromatic rings. The maximum atomic E-state index is 11.9. The van der Waals surface area contributed by atoms with Gasteiger partial charge in [-0.1, -0.05) is 19.8 Å². The van der Waals surface area contributed by atoms with Gasteiger partial charge in [-0.05, 0) is 18.8 Å². The van der Waals surface area contributed by atoms with Crippen molar-refractivity contribution in [2.24, 2.45) is 11.8 Å². The number of ether oxygens (including phenoxy) is 1. The highest BCUT2D eigenvalue weighted by molar-refractivity contribution is 5.79. The molecular weight excluding hydrogens is 244 g/mol. The molecule has 19 heavy (non-hydrogen) atoms. The Morgan fingerprint density at radius 2 is 1.95 bits per heavy atom. The molecule has 1 aliphatic heterocycles. The number of carbonyl (C=O) groups is 2. The highest BCUT2D eigenvalue weighted by Crippen LogP contribution is 2.24. The molecule has 2 aliphatic rings. The van der Waals surface area contributed by atoms with E-state index in [1.54, 1.807) is 0 Å². The second kappa shape index (κ2) is 6.37. The molecular formula is C14H24N2O3. The standard InChI is InChI=1S/C14H24N2O3/c1-10-7-16(8-12(10)14(18)19-2)9-13(17)15-11-5-3-4-6-11/h10-12H,3-9H2,1-2H3,(H,15,17). The van der Waals surface area contributed by atoms with Crippen LogP contribution in [0.4, 0.5) is 0 Å². The molecule has 1 saturated carbocycles. The van der Waals surface area contributed by atoms with Gasteiger partial charge in [-0.3, -0.25) is 14.5 Å². The molecule has 5 heteroatoms. The highest BCUT2D eigenvalue weighted by atomic mass is 16.5. The van der Waals surface area contributed by atoms with Gasteiger partial charge >= 0.3 is 5.97 Å². The topological polar surface area (TPSA) is 58.6 Å². The molecule has 0 radical (unpaired) electrons.